The van der Waals surface area contributed by atoms with Gasteiger partial charge in [0.25, 0.3) is 0 Å². The van der Waals surface area contributed by atoms with E-state index < -0.39 is 0 Å². The Balaban J connectivity index is 1.30. The largest absolute Gasteiger partial charge is 0.291 e. The zero-order valence-corrected chi connectivity index (χ0v) is 23.9. The van der Waals surface area contributed by atoms with Gasteiger partial charge in [0.15, 0.2) is 0 Å². The van der Waals surface area contributed by atoms with Gasteiger partial charge < -0.3 is 0 Å². The van der Waals surface area contributed by atoms with Gasteiger partial charge in [-0.25, -0.2) is 0 Å². The molecule has 0 spiro atoms. The van der Waals surface area contributed by atoms with Crippen molar-refractivity contribution in [3.63, 3.8) is 0 Å². The Morgan fingerprint density at radius 2 is 1.19 bits per heavy atom. The van der Waals surface area contributed by atoms with Crippen LogP contribution in [-0.2, 0) is 38.9 Å². The van der Waals surface area contributed by atoms with Gasteiger partial charge in [0.2, 0.25) is 0 Å². The van der Waals surface area contributed by atoms with Crippen molar-refractivity contribution in [2.75, 3.05) is 0 Å². The van der Waals surface area contributed by atoms with Gasteiger partial charge >= 0.3 is 0 Å². The quantitative estimate of drug-likeness (QED) is 0.333. The first kappa shape index (κ1) is 24.9. The second kappa shape index (κ2) is 9.73. The number of hydrogen-bond donors (Lipinski definition) is 0. The van der Waals surface area contributed by atoms with Gasteiger partial charge in [0.05, 0.1) is 0 Å². The van der Waals surface area contributed by atoms with Crippen LogP contribution in [0.1, 0.15) is 109 Å². The molecule has 1 nitrogen and oxygen atoms in total. The van der Waals surface area contributed by atoms with E-state index >= 15 is 0 Å². The maximum absolute atomic E-state index is 2.71. The van der Waals surface area contributed by atoms with E-state index in [1.165, 1.54) is 30.4 Å². The first-order chi connectivity index (χ1) is 17.8. The standard InChI is InChI=1S/C36H45N/c1-22-14-30-12-10-29(18-35(30)27(22)6)20-37(19-28-11-13-33-25(4)23(2)15-32(33)17-28)21-31-8-7-9-34-26(5)24(3)16-36(31)34/h7-13,17-18,22-27H,14-16,19-21H2,1-6H3/t22-,23+,24+,25+,26+,27-/m1/s1. The first-order valence-electron chi connectivity index (χ1n) is 14.8. The summed E-state index contributed by atoms with van der Waals surface area (Å²) < 4.78 is 0. The van der Waals surface area contributed by atoms with Gasteiger partial charge in [-0.3, -0.25) is 4.90 Å². The maximum Gasteiger partial charge on any atom is 0.0243 e. The summed E-state index contributed by atoms with van der Waals surface area (Å²) in [6, 6.07) is 21.8. The number of fused-ring (bicyclic) bond motifs is 3. The minimum atomic E-state index is 0.671. The third-order valence-corrected chi connectivity index (χ3v) is 10.6. The lowest BCUT2D eigenvalue weighted by Crippen LogP contribution is -2.23. The second-order valence-electron chi connectivity index (χ2n) is 13.1. The summed E-state index contributed by atoms with van der Waals surface area (Å²) in [4.78, 5) is 2.71. The van der Waals surface area contributed by atoms with E-state index in [1.807, 2.05) is 0 Å². The molecule has 0 heterocycles. The first-order valence-corrected chi connectivity index (χ1v) is 14.8. The number of benzene rings is 3. The number of rotatable bonds is 6. The molecule has 0 saturated carbocycles. The molecule has 0 unspecified atom stereocenters. The van der Waals surface area contributed by atoms with E-state index in [1.54, 1.807) is 38.9 Å². The van der Waals surface area contributed by atoms with Crippen LogP contribution in [0.5, 0.6) is 0 Å². The molecular formula is C36H45N. The molecule has 194 valence electrons. The average molecular weight is 492 g/mol. The SMILES string of the molecule is C[C@@H]1Cc2ccc(CN(Cc3ccc4c(c3)C[C@H](C)[C@@H]4C)Cc3cccc4c3C[C@H](C)[C@@H]4C)cc2[C@@H]1C. The predicted octanol–water partition coefficient (Wildman–Crippen LogP) is 8.78. The summed E-state index contributed by atoms with van der Waals surface area (Å²) in [5.74, 6) is 4.28. The highest BCUT2D eigenvalue weighted by atomic mass is 15.1. The highest BCUT2D eigenvalue weighted by molar-refractivity contribution is 5.43. The van der Waals surface area contributed by atoms with Crippen LogP contribution in [0.4, 0.5) is 0 Å². The Labute approximate surface area is 225 Å². The van der Waals surface area contributed by atoms with Crippen molar-refractivity contribution in [1.29, 1.82) is 0 Å². The van der Waals surface area contributed by atoms with Gasteiger partial charge in [0, 0.05) is 19.6 Å². The number of nitrogens with zero attached hydrogens (tertiary/aromatic N) is 1. The van der Waals surface area contributed by atoms with Crippen LogP contribution in [0, 0.1) is 17.8 Å². The fourth-order valence-corrected chi connectivity index (χ4v) is 7.60. The lowest BCUT2D eigenvalue weighted by Gasteiger charge is -2.25. The van der Waals surface area contributed by atoms with E-state index in [4.69, 9.17) is 0 Å². The minimum Gasteiger partial charge on any atom is -0.291 e. The van der Waals surface area contributed by atoms with Crippen LogP contribution in [-0.4, -0.2) is 4.90 Å². The summed E-state index contributed by atoms with van der Waals surface area (Å²) in [6.45, 7) is 17.5. The van der Waals surface area contributed by atoms with E-state index in [-0.39, 0.29) is 0 Å². The highest BCUT2D eigenvalue weighted by Gasteiger charge is 2.29. The Kier molecular flexibility index (Phi) is 6.56. The fraction of sp³-hybridized carbons (Fsp3) is 0.500. The van der Waals surface area contributed by atoms with Gasteiger partial charge in [-0.1, -0.05) is 96.1 Å². The predicted molar refractivity (Wildman–Crippen MR) is 156 cm³/mol. The van der Waals surface area contributed by atoms with E-state index in [0.29, 0.717) is 17.8 Å². The van der Waals surface area contributed by atoms with Crippen LogP contribution in [0.25, 0.3) is 0 Å². The molecule has 6 rings (SSSR count). The summed E-state index contributed by atoms with van der Waals surface area (Å²) >= 11 is 0. The lowest BCUT2D eigenvalue weighted by molar-refractivity contribution is 0.247. The molecule has 37 heavy (non-hydrogen) atoms. The third-order valence-electron chi connectivity index (χ3n) is 10.6. The van der Waals surface area contributed by atoms with Gasteiger partial charge in [-0.05, 0) is 105 Å². The number of hydrogen-bond acceptors (Lipinski definition) is 1. The highest BCUT2D eigenvalue weighted by Crippen LogP contribution is 2.41. The zero-order valence-electron chi connectivity index (χ0n) is 23.9. The molecule has 0 bridgehead atoms. The molecule has 3 aliphatic rings. The summed E-state index contributed by atoms with van der Waals surface area (Å²) in [5, 5.41) is 0. The average Bonchev–Trinajstić information content (AvgIpc) is 3.44. The maximum atomic E-state index is 2.71. The Hall–Kier alpha value is -2.38. The van der Waals surface area contributed by atoms with Crippen molar-refractivity contribution < 1.29 is 0 Å². The molecule has 0 aliphatic heterocycles. The van der Waals surface area contributed by atoms with Crippen LogP contribution < -0.4 is 0 Å². The van der Waals surface area contributed by atoms with E-state index in [0.717, 1.165) is 37.4 Å². The topological polar surface area (TPSA) is 3.24 Å². The Bertz CT molecular complexity index is 1300. The molecular weight excluding hydrogens is 446 g/mol. The van der Waals surface area contributed by atoms with Gasteiger partial charge in [-0.2, -0.15) is 0 Å². The molecule has 3 aromatic rings. The van der Waals surface area contributed by atoms with Crippen LogP contribution in [0.2, 0.25) is 0 Å². The molecule has 6 atom stereocenters. The van der Waals surface area contributed by atoms with Crippen LogP contribution in [0.15, 0.2) is 54.6 Å². The van der Waals surface area contributed by atoms with Crippen molar-refractivity contribution in [2.45, 2.75) is 98.2 Å². The van der Waals surface area contributed by atoms with Gasteiger partial charge in [0.1, 0.15) is 0 Å². The zero-order chi connectivity index (χ0) is 25.8. The van der Waals surface area contributed by atoms with Crippen molar-refractivity contribution in [3.05, 3.63) is 105 Å². The van der Waals surface area contributed by atoms with Gasteiger partial charge in [-0.15, -0.1) is 0 Å². The summed E-state index contributed by atoms with van der Waals surface area (Å²) in [7, 11) is 0. The smallest absolute Gasteiger partial charge is 0.0243 e. The molecule has 0 saturated heterocycles. The van der Waals surface area contributed by atoms with E-state index in [9.17, 15) is 0 Å². The van der Waals surface area contributed by atoms with Crippen molar-refractivity contribution >= 4 is 0 Å². The lowest BCUT2D eigenvalue weighted by atomic mass is 9.95. The Morgan fingerprint density at radius 3 is 1.97 bits per heavy atom. The van der Waals surface area contributed by atoms with E-state index in [2.05, 4.69) is 101 Å². The monoisotopic (exact) mass is 491 g/mol. The molecule has 3 aromatic carbocycles. The molecule has 0 aromatic heterocycles. The van der Waals surface area contributed by atoms with Crippen molar-refractivity contribution in [3.8, 4) is 0 Å². The van der Waals surface area contributed by atoms with Crippen molar-refractivity contribution in [2.24, 2.45) is 17.8 Å². The van der Waals surface area contributed by atoms with Crippen LogP contribution >= 0.6 is 0 Å². The normalized spacial score (nSPS) is 28.0. The second-order valence-corrected chi connectivity index (χ2v) is 13.1. The molecule has 1 heteroatoms. The molecule has 3 aliphatic carbocycles. The Morgan fingerprint density at radius 1 is 0.568 bits per heavy atom. The third kappa shape index (κ3) is 4.59. The molecule has 0 N–H and O–H groups in total. The molecule has 0 fully saturated rings. The fourth-order valence-electron chi connectivity index (χ4n) is 7.60. The molecule has 0 amide bonds. The van der Waals surface area contributed by atoms with Crippen molar-refractivity contribution in [1.82, 2.24) is 4.90 Å². The summed E-state index contributed by atoms with van der Waals surface area (Å²) in [5.41, 5.74) is 14.0. The minimum absolute atomic E-state index is 0.671. The molecule has 0 radical (unpaired) electrons. The summed E-state index contributed by atoms with van der Waals surface area (Å²) in [6.07, 6.45) is 3.69. The van der Waals surface area contributed by atoms with Crippen LogP contribution in [0.3, 0.4) is 0 Å².